The number of likely N-dealkylation sites (tertiary alicyclic amines) is 1. The number of hydrogen-bond acceptors (Lipinski definition) is 5. The predicted octanol–water partition coefficient (Wildman–Crippen LogP) is 3.06. The lowest BCUT2D eigenvalue weighted by atomic mass is 9.83. The van der Waals surface area contributed by atoms with Crippen LogP contribution in [0.4, 0.5) is 5.69 Å². The SMILES string of the molecule is COc1ccc(CC(=O)Nc2ccc3n(c2=O)CC2CC3CN(C(=O)COc3ccccc3)C2)cc1. The molecule has 1 N–H and O–H groups in total. The molecule has 2 aliphatic heterocycles. The van der Waals surface area contributed by atoms with Crippen LogP contribution in [0.15, 0.2) is 71.5 Å². The first-order chi connectivity index (χ1) is 17.5. The van der Waals surface area contributed by atoms with Gasteiger partial charge in [0.05, 0.1) is 13.5 Å². The van der Waals surface area contributed by atoms with Gasteiger partial charge in [-0.3, -0.25) is 14.4 Å². The second kappa shape index (κ2) is 10.3. The Labute approximate surface area is 209 Å². The molecule has 0 spiro atoms. The number of hydrogen-bond donors (Lipinski definition) is 1. The molecule has 1 fully saturated rings. The van der Waals surface area contributed by atoms with Crippen LogP contribution in [0.3, 0.4) is 0 Å². The Morgan fingerprint density at radius 1 is 0.944 bits per heavy atom. The highest BCUT2D eigenvalue weighted by Gasteiger charge is 2.36. The van der Waals surface area contributed by atoms with Crippen LogP contribution in [-0.4, -0.2) is 48.1 Å². The van der Waals surface area contributed by atoms with Crippen molar-refractivity contribution in [3.63, 3.8) is 0 Å². The lowest BCUT2D eigenvalue weighted by Gasteiger charge is -2.42. The first-order valence-electron chi connectivity index (χ1n) is 12.1. The second-order valence-electron chi connectivity index (χ2n) is 9.36. The van der Waals surface area contributed by atoms with Gasteiger partial charge in [-0.2, -0.15) is 0 Å². The molecule has 0 aliphatic carbocycles. The van der Waals surface area contributed by atoms with E-state index in [0.717, 1.165) is 23.4 Å². The normalized spacial score (nSPS) is 18.2. The third-order valence-electron chi connectivity index (χ3n) is 6.86. The Hall–Kier alpha value is -4.07. The highest BCUT2D eigenvalue weighted by molar-refractivity contribution is 5.92. The van der Waals surface area contributed by atoms with Crippen molar-refractivity contribution in [3.8, 4) is 11.5 Å². The number of rotatable bonds is 7. The van der Waals surface area contributed by atoms with Crippen molar-refractivity contribution in [2.75, 3.05) is 32.1 Å². The van der Waals surface area contributed by atoms with Gasteiger partial charge in [-0.1, -0.05) is 30.3 Å². The van der Waals surface area contributed by atoms with Crippen LogP contribution in [0.5, 0.6) is 11.5 Å². The molecule has 2 aromatic carbocycles. The minimum atomic E-state index is -0.246. The largest absolute Gasteiger partial charge is 0.497 e. The highest BCUT2D eigenvalue weighted by Crippen LogP contribution is 2.35. The van der Waals surface area contributed by atoms with E-state index < -0.39 is 0 Å². The molecule has 36 heavy (non-hydrogen) atoms. The van der Waals surface area contributed by atoms with Crippen molar-refractivity contribution in [2.45, 2.75) is 25.3 Å². The molecule has 3 aromatic rings. The molecule has 2 unspecified atom stereocenters. The zero-order valence-electron chi connectivity index (χ0n) is 20.2. The summed E-state index contributed by atoms with van der Waals surface area (Å²) >= 11 is 0. The molecule has 1 saturated heterocycles. The van der Waals surface area contributed by atoms with E-state index in [0.29, 0.717) is 25.4 Å². The van der Waals surface area contributed by atoms with Crippen LogP contribution < -0.4 is 20.3 Å². The quantitative estimate of drug-likeness (QED) is 0.553. The molecule has 8 heteroatoms. The number of carbonyl (C=O) groups excluding carboxylic acids is 2. The number of nitrogens with zero attached hydrogens (tertiary/aromatic N) is 2. The summed E-state index contributed by atoms with van der Waals surface area (Å²) in [5.74, 6) is 1.36. The van der Waals surface area contributed by atoms with Gasteiger partial charge in [0.25, 0.3) is 11.5 Å². The number of ether oxygens (including phenoxy) is 2. The van der Waals surface area contributed by atoms with E-state index in [2.05, 4.69) is 5.32 Å². The van der Waals surface area contributed by atoms with Crippen molar-refractivity contribution in [1.29, 1.82) is 0 Å². The van der Waals surface area contributed by atoms with Crippen LogP contribution in [-0.2, 0) is 22.6 Å². The van der Waals surface area contributed by atoms with Gasteiger partial charge in [0.2, 0.25) is 5.91 Å². The summed E-state index contributed by atoms with van der Waals surface area (Å²) in [5, 5.41) is 2.78. The average molecular weight is 488 g/mol. The van der Waals surface area contributed by atoms with Crippen LogP contribution >= 0.6 is 0 Å². The molecule has 8 nitrogen and oxygen atoms in total. The van der Waals surface area contributed by atoms with Crippen LogP contribution in [0, 0.1) is 5.92 Å². The lowest BCUT2D eigenvalue weighted by Crippen LogP contribution is -2.50. The molecular weight excluding hydrogens is 458 g/mol. The monoisotopic (exact) mass is 487 g/mol. The first kappa shape index (κ1) is 23.7. The van der Waals surface area contributed by atoms with E-state index >= 15 is 0 Å². The lowest BCUT2D eigenvalue weighted by molar-refractivity contribution is -0.136. The smallest absolute Gasteiger partial charge is 0.274 e. The van der Waals surface area contributed by atoms with Crippen LogP contribution in [0.25, 0.3) is 0 Å². The third-order valence-corrected chi connectivity index (χ3v) is 6.86. The number of pyridine rings is 1. The number of fused-ring (bicyclic) bond motifs is 4. The number of piperidine rings is 1. The molecule has 5 rings (SSSR count). The second-order valence-corrected chi connectivity index (χ2v) is 9.36. The van der Waals surface area contributed by atoms with Gasteiger partial charge in [-0.05, 0) is 54.3 Å². The summed E-state index contributed by atoms with van der Waals surface area (Å²) in [6.45, 7) is 1.66. The Kier molecular flexibility index (Phi) is 6.75. The fourth-order valence-corrected chi connectivity index (χ4v) is 5.12. The Morgan fingerprint density at radius 2 is 1.72 bits per heavy atom. The predicted molar refractivity (Wildman–Crippen MR) is 135 cm³/mol. The van der Waals surface area contributed by atoms with Gasteiger partial charge in [0.1, 0.15) is 17.2 Å². The van der Waals surface area contributed by atoms with E-state index in [4.69, 9.17) is 9.47 Å². The van der Waals surface area contributed by atoms with E-state index in [1.807, 2.05) is 53.4 Å². The van der Waals surface area contributed by atoms with E-state index in [-0.39, 0.29) is 47.9 Å². The van der Waals surface area contributed by atoms with Gasteiger partial charge in [0.15, 0.2) is 6.61 Å². The van der Waals surface area contributed by atoms with E-state index in [1.54, 1.807) is 29.9 Å². The van der Waals surface area contributed by atoms with Crippen molar-refractivity contribution in [1.82, 2.24) is 9.47 Å². The van der Waals surface area contributed by atoms with Gasteiger partial charge < -0.3 is 24.3 Å². The maximum atomic E-state index is 13.2. The molecular formula is C28H29N3O5. The Morgan fingerprint density at radius 3 is 2.47 bits per heavy atom. The fourth-order valence-electron chi connectivity index (χ4n) is 5.12. The van der Waals surface area contributed by atoms with E-state index in [1.165, 1.54) is 0 Å². The number of para-hydroxylation sites is 1. The minimum Gasteiger partial charge on any atom is -0.497 e. The third kappa shape index (κ3) is 5.12. The zero-order chi connectivity index (χ0) is 25.1. The Balaban J connectivity index is 1.24. The van der Waals surface area contributed by atoms with E-state index in [9.17, 15) is 14.4 Å². The number of anilines is 1. The van der Waals surface area contributed by atoms with Crippen molar-refractivity contribution >= 4 is 17.5 Å². The molecule has 2 atom stereocenters. The maximum Gasteiger partial charge on any atom is 0.274 e. The van der Waals surface area contributed by atoms with Crippen molar-refractivity contribution < 1.29 is 19.1 Å². The first-order valence-corrected chi connectivity index (χ1v) is 12.1. The summed E-state index contributed by atoms with van der Waals surface area (Å²) in [5.41, 5.74) is 1.83. The average Bonchev–Trinajstić information content (AvgIpc) is 2.90. The van der Waals surface area contributed by atoms with Crippen LogP contribution in [0.2, 0.25) is 0 Å². The number of nitrogens with one attached hydrogen (secondary N) is 1. The molecule has 2 aliphatic rings. The number of carbonyl (C=O) groups is 2. The van der Waals surface area contributed by atoms with Gasteiger partial charge in [-0.25, -0.2) is 0 Å². The number of benzene rings is 2. The number of aromatic nitrogens is 1. The molecule has 0 radical (unpaired) electrons. The van der Waals surface area contributed by atoms with Crippen LogP contribution in [0.1, 0.15) is 23.6 Å². The number of amides is 2. The topological polar surface area (TPSA) is 89.9 Å². The summed E-state index contributed by atoms with van der Waals surface area (Å²) in [7, 11) is 1.59. The molecule has 2 amide bonds. The molecule has 0 saturated carbocycles. The summed E-state index contributed by atoms with van der Waals surface area (Å²) in [4.78, 5) is 40.5. The minimum absolute atomic E-state index is 0.00454. The fraction of sp³-hybridized carbons (Fsp3) is 0.321. The molecule has 1 aromatic heterocycles. The van der Waals surface area contributed by atoms with Gasteiger partial charge in [-0.15, -0.1) is 0 Å². The van der Waals surface area contributed by atoms with Gasteiger partial charge in [0, 0.05) is 31.2 Å². The number of methoxy groups -OCH3 is 1. The zero-order valence-corrected chi connectivity index (χ0v) is 20.2. The summed E-state index contributed by atoms with van der Waals surface area (Å²) < 4.78 is 12.6. The summed E-state index contributed by atoms with van der Waals surface area (Å²) in [6.07, 6.45) is 1.10. The molecule has 2 bridgehead atoms. The molecule has 186 valence electrons. The van der Waals surface area contributed by atoms with Crippen molar-refractivity contribution in [3.05, 3.63) is 88.3 Å². The van der Waals surface area contributed by atoms with Crippen molar-refractivity contribution in [2.24, 2.45) is 5.92 Å². The highest BCUT2D eigenvalue weighted by atomic mass is 16.5. The maximum absolute atomic E-state index is 13.2. The molecule has 3 heterocycles. The Bertz CT molecular complexity index is 1300. The van der Waals surface area contributed by atoms with Gasteiger partial charge >= 0.3 is 0 Å². The standard InChI is InChI=1S/C28H29N3O5/c1-35-22-9-7-19(8-10-22)14-26(32)29-24-11-12-25-21-13-20(16-31(25)28(24)34)15-30(17-21)27(33)18-36-23-5-3-2-4-6-23/h2-12,20-21H,13-18H2,1H3,(H,29,32). The summed E-state index contributed by atoms with van der Waals surface area (Å²) in [6, 6.07) is 20.1.